The lowest BCUT2D eigenvalue weighted by Gasteiger charge is -2.37. The highest BCUT2D eigenvalue weighted by atomic mass is 16.8. The van der Waals surface area contributed by atoms with Crippen molar-refractivity contribution in [3.05, 3.63) is 191 Å². The number of hydroxylamine groups is 2. The quantitative estimate of drug-likeness (QED) is 0.0988. The van der Waals surface area contributed by atoms with Crippen LogP contribution in [0.25, 0.3) is 10.8 Å². The van der Waals surface area contributed by atoms with Crippen LogP contribution in [0.2, 0.25) is 0 Å². The molecule has 0 amide bonds. The van der Waals surface area contributed by atoms with Gasteiger partial charge in [-0.2, -0.15) is 0 Å². The molecule has 0 bridgehead atoms. The lowest BCUT2D eigenvalue weighted by Crippen LogP contribution is -2.45. The molecule has 6 heteroatoms. The Hall–Kier alpha value is -5.27. The van der Waals surface area contributed by atoms with Gasteiger partial charge in [-0.1, -0.05) is 152 Å². The van der Waals surface area contributed by atoms with Crippen LogP contribution in [0.15, 0.2) is 158 Å². The number of hydrogen-bond acceptors (Lipinski definition) is 6. The summed E-state index contributed by atoms with van der Waals surface area (Å²) in [5.41, 5.74) is 5.11. The Labute approximate surface area is 312 Å². The van der Waals surface area contributed by atoms with E-state index in [9.17, 15) is 4.79 Å². The van der Waals surface area contributed by atoms with Gasteiger partial charge in [-0.3, -0.25) is 0 Å². The second kappa shape index (κ2) is 16.2. The number of rotatable bonds is 11. The molecule has 6 nitrogen and oxygen atoms in total. The molecule has 1 fully saturated rings. The summed E-state index contributed by atoms with van der Waals surface area (Å²) >= 11 is 0. The van der Waals surface area contributed by atoms with Gasteiger partial charge in [0.05, 0.1) is 25.9 Å². The van der Waals surface area contributed by atoms with Crippen LogP contribution in [0, 0.1) is 0 Å². The molecule has 2 unspecified atom stereocenters. The number of benzene rings is 6. The monoisotopic (exact) mass is 705 g/mol. The topological polar surface area (TPSA) is 57.2 Å². The van der Waals surface area contributed by atoms with Crippen molar-refractivity contribution in [2.24, 2.45) is 0 Å². The average Bonchev–Trinajstić information content (AvgIpc) is 3.18. The molecule has 6 aromatic carbocycles. The highest BCUT2D eigenvalue weighted by Crippen LogP contribution is 2.41. The fourth-order valence-corrected chi connectivity index (χ4v) is 7.25. The third-order valence-electron chi connectivity index (χ3n) is 9.80. The Kier molecular flexibility index (Phi) is 11.0. The normalized spacial score (nSPS) is 16.7. The lowest BCUT2D eigenvalue weighted by atomic mass is 9.80. The van der Waals surface area contributed by atoms with Crippen LogP contribution in [0.1, 0.15) is 66.5 Å². The van der Waals surface area contributed by atoms with Crippen molar-refractivity contribution in [3.8, 4) is 0 Å². The number of carbonyl (C=O) groups is 1. The van der Waals surface area contributed by atoms with Gasteiger partial charge in [-0.15, -0.1) is 5.06 Å². The Morgan fingerprint density at radius 1 is 0.642 bits per heavy atom. The molecule has 1 heterocycles. The number of ether oxygens (including phenoxy) is 3. The van der Waals surface area contributed by atoms with Gasteiger partial charge >= 0.3 is 6.16 Å². The molecule has 0 aliphatic carbocycles. The Bertz CT molecular complexity index is 1980. The maximum absolute atomic E-state index is 12.6. The summed E-state index contributed by atoms with van der Waals surface area (Å²) in [7, 11) is 0. The van der Waals surface area contributed by atoms with Gasteiger partial charge in [0.25, 0.3) is 0 Å². The summed E-state index contributed by atoms with van der Waals surface area (Å²) in [4.78, 5) is 18.3. The number of fused-ring (bicyclic) bond motifs is 1. The zero-order chi connectivity index (χ0) is 36.7. The highest BCUT2D eigenvalue weighted by Gasteiger charge is 2.38. The van der Waals surface area contributed by atoms with Crippen molar-refractivity contribution in [1.82, 2.24) is 5.06 Å². The van der Waals surface area contributed by atoms with E-state index in [-0.39, 0.29) is 12.0 Å². The molecule has 270 valence electrons. The van der Waals surface area contributed by atoms with Crippen molar-refractivity contribution in [2.75, 3.05) is 13.1 Å². The van der Waals surface area contributed by atoms with Gasteiger partial charge in [-0.25, -0.2) is 4.79 Å². The van der Waals surface area contributed by atoms with Crippen LogP contribution < -0.4 is 0 Å². The van der Waals surface area contributed by atoms with Gasteiger partial charge in [0.15, 0.2) is 0 Å². The first kappa shape index (κ1) is 36.1. The molecule has 1 saturated heterocycles. The molecule has 6 aromatic rings. The van der Waals surface area contributed by atoms with Crippen LogP contribution >= 0.6 is 0 Å². The number of piperidine rings is 1. The maximum atomic E-state index is 12.6. The van der Waals surface area contributed by atoms with E-state index in [1.165, 1.54) is 16.3 Å². The highest BCUT2D eigenvalue weighted by molar-refractivity contribution is 5.82. The summed E-state index contributed by atoms with van der Waals surface area (Å²) in [5.74, 6) is 0.0981. The second-order valence-corrected chi connectivity index (χ2v) is 14.7. The summed E-state index contributed by atoms with van der Waals surface area (Å²) < 4.78 is 19.2. The minimum atomic E-state index is -0.800. The fraction of sp³-hybridized carbons (Fsp3) is 0.255. The molecule has 7 rings (SSSR count). The average molecular weight is 706 g/mol. The Balaban J connectivity index is 1.12. The predicted octanol–water partition coefficient (Wildman–Crippen LogP) is 10.6. The van der Waals surface area contributed by atoms with Crippen molar-refractivity contribution in [3.63, 3.8) is 0 Å². The van der Waals surface area contributed by atoms with Crippen molar-refractivity contribution in [1.29, 1.82) is 0 Å². The summed E-state index contributed by atoms with van der Waals surface area (Å²) in [6.45, 7) is 7.33. The fourth-order valence-electron chi connectivity index (χ4n) is 7.25. The molecule has 0 radical (unpaired) electrons. The standard InChI is InChI=1S/C47H47NO5/c1-46(2,3)52-45(49)53-48-30-29-43(44(32-48)50-33-36-25-26-37-15-13-14-16-39(37)31-36)38-27-23-35(24-28-38)34-51-47(40-17-7-4-8-18-40,41-19-9-5-10-20-41)42-21-11-6-12-22-42/h4-28,31,43-44H,29-30,32-34H2,1-3H3. The number of hydrogen-bond donors (Lipinski definition) is 0. The van der Waals surface area contributed by atoms with Crippen LogP contribution in [-0.4, -0.2) is 36.0 Å². The van der Waals surface area contributed by atoms with Crippen LogP contribution in [-0.2, 0) is 37.9 Å². The number of carbonyl (C=O) groups excluding carboxylic acids is 1. The number of nitrogens with zero attached hydrogens (tertiary/aromatic N) is 1. The SMILES string of the molecule is CC(C)(C)OC(=O)ON1CCC(c2ccc(COC(c3ccccc3)(c3ccccc3)c3ccccc3)cc2)C(OCc2ccc3ccccc3c2)C1. The van der Waals surface area contributed by atoms with E-state index in [0.29, 0.717) is 26.3 Å². The maximum Gasteiger partial charge on any atom is 0.528 e. The van der Waals surface area contributed by atoms with Gasteiger partial charge in [0.1, 0.15) is 11.2 Å². The van der Waals surface area contributed by atoms with Gasteiger partial charge in [0, 0.05) is 12.5 Å². The first-order chi connectivity index (χ1) is 25.8. The van der Waals surface area contributed by atoms with E-state index in [1.54, 1.807) is 5.06 Å². The lowest BCUT2D eigenvalue weighted by molar-refractivity contribution is -0.179. The van der Waals surface area contributed by atoms with E-state index in [2.05, 4.69) is 133 Å². The molecule has 2 atom stereocenters. The van der Waals surface area contributed by atoms with Crippen LogP contribution in [0.5, 0.6) is 0 Å². The van der Waals surface area contributed by atoms with E-state index in [4.69, 9.17) is 19.0 Å². The van der Waals surface area contributed by atoms with Crippen molar-refractivity contribution < 1.29 is 23.8 Å². The van der Waals surface area contributed by atoms with Gasteiger partial charge < -0.3 is 19.0 Å². The molecule has 0 N–H and O–H groups in total. The Morgan fingerprint density at radius 2 is 1.19 bits per heavy atom. The van der Waals surface area contributed by atoms with Crippen LogP contribution in [0.4, 0.5) is 4.79 Å². The second-order valence-electron chi connectivity index (χ2n) is 14.7. The first-order valence-electron chi connectivity index (χ1n) is 18.4. The summed E-state index contributed by atoms with van der Waals surface area (Å²) in [5, 5.41) is 4.05. The zero-order valence-corrected chi connectivity index (χ0v) is 30.7. The predicted molar refractivity (Wildman–Crippen MR) is 209 cm³/mol. The minimum absolute atomic E-state index is 0.0981. The summed E-state index contributed by atoms with van der Waals surface area (Å²) in [6, 6.07) is 54.8. The third kappa shape index (κ3) is 8.69. The molecule has 1 aliphatic rings. The third-order valence-corrected chi connectivity index (χ3v) is 9.80. The molecular formula is C47H47NO5. The van der Waals surface area contributed by atoms with Crippen LogP contribution in [0.3, 0.4) is 0 Å². The van der Waals surface area contributed by atoms with Crippen molar-refractivity contribution >= 4 is 16.9 Å². The first-order valence-corrected chi connectivity index (χ1v) is 18.4. The molecule has 0 aromatic heterocycles. The molecule has 53 heavy (non-hydrogen) atoms. The van der Waals surface area contributed by atoms with E-state index in [0.717, 1.165) is 34.2 Å². The Morgan fingerprint density at radius 3 is 1.77 bits per heavy atom. The zero-order valence-electron chi connectivity index (χ0n) is 30.7. The van der Waals surface area contributed by atoms with Gasteiger partial charge in [-0.05, 0) is 77.4 Å². The largest absolute Gasteiger partial charge is 0.528 e. The summed E-state index contributed by atoms with van der Waals surface area (Å²) in [6.07, 6.45) is -0.173. The van der Waals surface area contributed by atoms with E-state index >= 15 is 0 Å². The van der Waals surface area contributed by atoms with E-state index < -0.39 is 17.4 Å². The smallest absolute Gasteiger partial charge is 0.427 e. The molecular weight excluding hydrogens is 659 g/mol. The van der Waals surface area contributed by atoms with Gasteiger partial charge in [0.2, 0.25) is 0 Å². The minimum Gasteiger partial charge on any atom is -0.427 e. The van der Waals surface area contributed by atoms with Crippen molar-refractivity contribution in [2.45, 2.75) is 63.6 Å². The molecule has 1 aliphatic heterocycles. The molecule has 0 saturated carbocycles. The molecule has 0 spiro atoms. The van der Waals surface area contributed by atoms with E-state index in [1.807, 2.05) is 45.0 Å².